The summed E-state index contributed by atoms with van der Waals surface area (Å²) in [5.74, 6) is 5.36. The SMILES string of the molecule is CC#CCC(=O)c1ccccc1Cl. The molecule has 0 atom stereocenters. The van der Waals surface area contributed by atoms with E-state index in [9.17, 15) is 4.79 Å². The van der Waals surface area contributed by atoms with Crippen LogP contribution in [0, 0.1) is 11.8 Å². The van der Waals surface area contributed by atoms with Crippen LogP contribution in [0.1, 0.15) is 23.7 Å². The number of carbonyl (C=O) groups is 1. The molecule has 2 heteroatoms. The number of carbonyl (C=O) groups excluding carboxylic acids is 1. The summed E-state index contributed by atoms with van der Waals surface area (Å²) in [7, 11) is 0. The standard InChI is InChI=1S/C11H9ClO/c1-2-3-8-11(13)9-6-4-5-7-10(9)12/h4-7H,8H2,1H3. The highest BCUT2D eigenvalue weighted by molar-refractivity contribution is 6.34. The first kappa shape index (κ1) is 9.83. The van der Waals surface area contributed by atoms with Crippen molar-refractivity contribution in [2.24, 2.45) is 0 Å². The van der Waals surface area contributed by atoms with E-state index in [0.717, 1.165) is 0 Å². The fourth-order valence-corrected chi connectivity index (χ4v) is 1.19. The molecule has 0 saturated carbocycles. The fourth-order valence-electron chi connectivity index (χ4n) is 0.951. The highest BCUT2D eigenvalue weighted by Gasteiger charge is 2.06. The topological polar surface area (TPSA) is 17.1 Å². The Balaban J connectivity index is 2.87. The van der Waals surface area contributed by atoms with Crippen molar-refractivity contribution >= 4 is 17.4 Å². The van der Waals surface area contributed by atoms with Gasteiger partial charge in [-0.1, -0.05) is 29.7 Å². The zero-order valence-electron chi connectivity index (χ0n) is 7.30. The lowest BCUT2D eigenvalue weighted by molar-refractivity contribution is 0.0998. The molecule has 0 aliphatic rings. The van der Waals surface area contributed by atoms with Gasteiger partial charge in [0.1, 0.15) is 0 Å². The average Bonchev–Trinajstić information content (AvgIpc) is 2.15. The minimum absolute atomic E-state index is 0.0278. The Hall–Kier alpha value is -1.26. The molecule has 1 aromatic carbocycles. The van der Waals surface area contributed by atoms with Gasteiger partial charge in [-0.05, 0) is 19.1 Å². The molecule has 0 aliphatic carbocycles. The van der Waals surface area contributed by atoms with Crippen LogP contribution in [0.4, 0.5) is 0 Å². The first-order valence-corrected chi connectivity index (χ1v) is 4.31. The van der Waals surface area contributed by atoms with E-state index in [1.807, 2.05) is 0 Å². The van der Waals surface area contributed by atoms with Gasteiger partial charge in [0.15, 0.2) is 5.78 Å². The number of rotatable bonds is 2. The van der Waals surface area contributed by atoms with Crippen LogP contribution >= 0.6 is 11.6 Å². The van der Waals surface area contributed by atoms with Crippen LogP contribution in [0.25, 0.3) is 0 Å². The van der Waals surface area contributed by atoms with E-state index in [-0.39, 0.29) is 12.2 Å². The molecular weight excluding hydrogens is 184 g/mol. The summed E-state index contributed by atoms with van der Waals surface area (Å²) in [5.41, 5.74) is 0.548. The average molecular weight is 193 g/mol. The van der Waals surface area contributed by atoms with Gasteiger partial charge in [0.05, 0.1) is 11.4 Å². The van der Waals surface area contributed by atoms with Gasteiger partial charge in [-0.25, -0.2) is 0 Å². The molecule has 1 nitrogen and oxygen atoms in total. The van der Waals surface area contributed by atoms with Crippen LogP contribution in [0.5, 0.6) is 0 Å². The van der Waals surface area contributed by atoms with Crippen LogP contribution in [0.2, 0.25) is 5.02 Å². The van der Waals surface area contributed by atoms with Crippen LogP contribution in [0.15, 0.2) is 24.3 Å². The Morgan fingerprint density at radius 3 is 2.77 bits per heavy atom. The van der Waals surface area contributed by atoms with Gasteiger partial charge in [0, 0.05) is 5.56 Å². The number of ketones is 1. The maximum Gasteiger partial charge on any atom is 0.176 e. The van der Waals surface area contributed by atoms with E-state index in [0.29, 0.717) is 10.6 Å². The molecule has 1 rings (SSSR count). The van der Waals surface area contributed by atoms with Crippen LogP contribution < -0.4 is 0 Å². The van der Waals surface area contributed by atoms with Gasteiger partial charge in [-0.3, -0.25) is 4.79 Å². The summed E-state index contributed by atoms with van der Waals surface area (Å²) >= 11 is 5.83. The second-order valence-electron chi connectivity index (χ2n) is 2.51. The van der Waals surface area contributed by atoms with E-state index in [4.69, 9.17) is 11.6 Å². The Labute approximate surface area is 82.7 Å². The van der Waals surface area contributed by atoms with Gasteiger partial charge in [-0.2, -0.15) is 0 Å². The van der Waals surface area contributed by atoms with Gasteiger partial charge < -0.3 is 0 Å². The molecule has 0 aliphatic heterocycles. The van der Waals surface area contributed by atoms with E-state index in [1.165, 1.54) is 0 Å². The van der Waals surface area contributed by atoms with Gasteiger partial charge in [0.25, 0.3) is 0 Å². The third-order valence-corrected chi connectivity index (χ3v) is 1.93. The lowest BCUT2D eigenvalue weighted by atomic mass is 10.1. The Kier molecular flexibility index (Phi) is 3.54. The summed E-state index contributed by atoms with van der Waals surface area (Å²) in [5, 5.41) is 0.491. The Morgan fingerprint density at radius 1 is 1.46 bits per heavy atom. The molecular formula is C11H9ClO. The predicted molar refractivity (Wildman–Crippen MR) is 53.8 cm³/mol. The van der Waals surface area contributed by atoms with Crippen molar-refractivity contribution in [1.29, 1.82) is 0 Å². The van der Waals surface area contributed by atoms with E-state index >= 15 is 0 Å². The lowest BCUT2D eigenvalue weighted by Crippen LogP contribution is -1.97. The molecule has 0 aromatic heterocycles. The Morgan fingerprint density at radius 2 is 2.15 bits per heavy atom. The minimum Gasteiger partial charge on any atom is -0.293 e. The molecule has 0 bridgehead atoms. The maximum atomic E-state index is 11.4. The number of Topliss-reactive ketones (excluding diaryl/α,β-unsaturated/α-hetero) is 1. The fraction of sp³-hybridized carbons (Fsp3) is 0.182. The summed E-state index contributed by atoms with van der Waals surface area (Å²) in [6, 6.07) is 7.00. The van der Waals surface area contributed by atoms with E-state index in [1.54, 1.807) is 31.2 Å². The molecule has 0 unspecified atom stereocenters. The molecule has 13 heavy (non-hydrogen) atoms. The number of hydrogen-bond acceptors (Lipinski definition) is 1. The second-order valence-corrected chi connectivity index (χ2v) is 2.91. The van der Waals surface area contributed by atoms with Crippen molar-refractivity contribution in [2.45, 2.75) is 13.3 Å². The monoisotopic (exact) mass is 192 g/mol. The number of benzene rings is 1. The van der Waals surface area contributed by atoms with E-state index in [2.05, 4.69) is 11.8 Å². The zero-order chi connectivity index (χ0) is 9.68. The third kappa shape index (κ3) is 2.61. The molecule has 0 fully saturated rings. The van der Waals surface area contributed by atoms with Crippen LogP contribution in [-0.2, 0) is 0 Å². The highest BCUT2D eigenvalue weighted by Crippen LogP contribution is 2.16. The van der Waals surface area contributed by atoms with Gasteiger partial charge in [-0.15, -0.1) is 5.92 Å². The Bertz CT molecular complexity index is 371. The molecule has 0 heterocycles. The molecule has 0 saturated heterocycles. The van der Waals surface area contributed by atoms with E-state index < -0.39 is 0 Å². The number of hydrogen-bond donors (Lipinski definition) is 0. The molecule has 1 aromatic rings. The smallest absolute Gasteiger partial charge is 0.176 e. The van der Waals surface area contributed by atoms with Gasteiger partial charge >= 0.3 is 0 Å². The molecule has 0 amide bonds. The lowest BCUT2D eigenvalue weighted by Gasteiger charge is -1.98. The first-order chi connectivity index (χ1) is 6.25. The van der Waals surface area contributed by atoms with Crippen molar-refractivity contribution < 1.29 is 4.79 Å². The van der Waals surface area contributed by atoms with Crippen LogP contribution in [0.3, 0.4) is 0 Å². The molecule has 66 valence electrons. The second kappa shape index (κ2) is 4.69. The van der Waals surface area contributed by atoms with Crippen molar-refractivity contribution in [2.75, 3.05) is 0 Å². The maximum absolute atomic E-state index is 11.4. The zero-order valence-corrected chi connectivity index (χ0v) is 8.06. The van der Waals surface area contributed by atoms with Crippen LogP contribution in [-0.4, -0.2) is 5.78 Å². The summed E-state index contributed by atoms with van der Waals surface area (Å²) in [6.45, 7) is 1.71. The third-order valence-electron chi connectivity index (χ3n) is 1.60. The van der Waals surface area contributed by atoms with Crippen molar-refractivity contribution in [3.63, 3.8) is 0 Å². The molecule has 0 spiro atoms. The predicted octanol–water partition coefficient (Wildman–Crippen LogP) is 2.94. The first-order valence-electron chi connectivity index (χ1n) is 3.93. The quantitative estimate of drug-likeness (QED) is 0.520. The van der Waals surface area contributed by atoms with Gasteiger partial charge in [0.2, 0.25) is 0 Å². The largest absolute Gasteiger partial charge is 0.293 e. The normalized spacial score (nSPS) is 8.77. The van der Waals surface area contributed by atoms with Crippen molar-refractivity contribution in [3.05, 3.63) is 34.9 Å². The summed E-state index contributed by atoms with van der Waals surface area (Å²) < 4.78 is 0. The van der Waals surface area contributed by atoms with Crippen molar-refractivity contribution in [3.8, 4) is 11.8 Å². The summed E-state index contributed by atoms with van der Waals surface area (Å²) in [6.07, 6.45) is 0.236. The summed E-state index contributed by atoms with van der Waals surface area (Å²) in [4.78, 5) is 11.4. The highest BCUT2D eigenvalue weighted by atomic mass is 35.5. The molecule has 0 N–H and O–H groups in total. The van der Waals surface area contributed by atoms with Crippen molar-refractivity contribution in [1.82, 2.24) is 0 Å². The minimum atomic E-state index is -0.0278. The molecule has 0 radical (unpaired) electrons. The number of halogens is 1.